The van der Waals surface area contributed by atoms with Crippen LogP contribution in [-0.2, 0) is 9.47 Å². The molecule has 0 atom stereocenters. The fourth-order valence-electron chi connectivity index (χ4n) is 0.402. The van der Waals surface area contributed by atoms with Gasteiger partial charge in [0.25, 0.3) is 0 Å². The van der Waals surface area contributed by atoms with Gasteiger partial charge in [0.2, 0.25) is 0 Å². The first-order chi connectivity index (χ1) is 5.31. The van der Waals surface area contributed by atoms with Gasteiger partial charge < -0.3 is 9.47 Å². The zero-order valence-electron chi connectivity index (χ0n) is 6.72. The molecule has 11 heavy (non-hydrogen) atoms. The molecule has 2 nitrogen and oxygen atoms in total. The van der Waals surface area contributed by atoms with Crippen molar-refractivity contribution in [2.45, 2.75) is 0 Å². The van der Waals surface area contributed by atoms with Crippen molar-refractivity contribution in [2.75, 3.05) is 20.3 Å². The van der Waals surface area contributed by atoms with Crippen molar-refractivity contribution in [1.29, 1.82) is 0 Å². The molecule has 0 aliphatic rings. The first kappa shape index (κ1) is 9.80. The number of hydrogen-bond acceptors (Lipinski definition) is 2. The van der Waals surface area contributed by atoms with Gasteiger partial charge in [-0.3, -0.25) is 0 Å². The van der Waals surface area contributed by atoms with E-state index in [0.29, 0.717) is 19.0 Å². The lowest BCUT2D eigenvalue weighted by Crippen LogP contribution is -1.88. The average molecular weight is 152 g/mol. The summed E-state index contributed by atoms with van der Waals surface area (Å²) in [5.41, 5.74) is 0. The quantitative estimate of drug-likeness (QED) is 0.344. The van der Waals surface area contributed by atoms with Crippen molar-refractivity contribution in [3.63, 3.8) is 0 Å². The summed E-state index contributed by atoms with van der Waals surface area (Å²) in [7, 11) is 1.59. The molecule has 60 valence electrons. The minimum atomic E-state index is 0.399. The van der Waals surface area contributed by atoms with Gasteiger partial charge >= 0.3 is 0 Å². The lowest BCUT2D eigenvalue weighted by Gasteiger charge is -1.96. The standard InChI is InChI=1S/C9H12O2/c1-4-7-11-9(2)6-5-8-10-3/h4H,1-2,7-8H2,3H3. The number of hydrogen-bond donors (Lipinski definition) is 0. The number of methoxy groups -OCH3 is 1. The van der Waals surface area contributed by atoms with E-state index in [1.807, 2.05) is 0 Å². The zero-order valence-corrected chi connectivity index (χ0v) is 6.72. The van der Waals surface area contributed by atoms with Gasteiger partial charge in [-0.2, -0.15) is 0 Å². The Morgan fingerprint density at radius 1 is 1.64 bits per heavy atom. The van der Waals surface area contributed by atoms with E-state index >= 15 is 0 Å². The molecule has 0 saturated carbocycles. The van der Waals surface area contributed by atoms with Gasteiger partial charge in [-0.05, 0) is 12.5 Å². The topological polar surface area (TPSA) is 18.5 Å². The third-order valence-corrected chi connectivity index (χ3v) is 0.820. The number of ether oxygens (including phenoxy) is 2. The molecule has 0 heterocycles. The Balaban J connectivity index is 3.52. The van der Waals surface area contributed by atoms with Gasteiger partial charge in [0, 0.05) is 7.11 Å². The molecule has 0 rings (SSSR count). The average Bonchev–Trinajstić information content (AvgIpc) is 2.01. The van der Waals surface area contributed by atoms with Crippen LogP contribution >= 0.6 is 0 Å². The second-order valence-corrected chi connectivity index (χ2v) is 1.76. The zero-order chi connectivity index (χ0) is 8.53. The largest absolute Gasteiger partial charge is 0.482 e. The van der Waals surface area contributed by atoms with Crippen LogP contribution < -0.4 is 0 Å². The van der Waals surface area contributed by atoms with E-state index < -0.39 is 0 Å². The molecule has 0 saturated heterocycles. The summed E-state index contributed by atoms with van der Waals surface area (Å²) in [6.45, 7) is 7.90. The lowest BCUT2D eigenvalue weighted by molar-refractivity contribution is 0.239. The van der Waals surface area contributed by atoms with Crippen LogP contribution in [0.25, 0.3) is 0 Å². The van der Waals surface area contributed by atoms with Gasteiger partial charge in [-0.15, -0.1) is 0 Å². The molecule has 0 aliphatic heterocycles. The van der Waals surface area contributed by atoms with E-state index in [4.69, 9.17) is 9.47 Å². The fraction of sp³-hybridized carbons (Fsp3) is 0.333. The highest BCUT2D eigenvalue weighted by Crippen LogP contribution is 1.89. The maximum absolute atomic E-state index is 5.00. The third-order valence-electron chi connectivity index (χ3n) is 0.820. The first-order valence-corrected chi connectivity index (χ1v) is 3.21. The molecule has 0 aromatic carbocycles. The number of allylic oxidation sites excluding steroid dienone is 1. The molecule has 0 N–H and O–H groups in total. The summed E-state index contributed by atoms with van der Waals surface area (Å²) in [4.78, 5) is 0. The molecular weight excluding hydrogens is 140 g/mol. The Morgan fingerprint density at radius 3 is 2.91 bits per heavy atom. The normalized spacial score (nSPS) is 7.73. The van der Waals surface area contributed by atoms with Gasteiger partial charge in [0.1, 0.15) is 13.2 Å². The highest BCUT2D eigenvalue weighted by molar-refractivity contribution is 5.20. The molecule has 0 radical (unpaired) electrons. The number of rotatable bonds is 4. The van der Waals surface area contributed by atoms with E-state index in [-0.39, 0.29) is 0 Å². The molecule has 0 aromatic rings. The minimum Gasteiger partial charge on any atom is -0.482 e. The Bertz CT molecular complexity index is 183. The van der Waals surface area contributed by atoms with Crippen LogP contribution in [0.3, 0.4) is 0 Å². The summed E-state index contributed by atoms with van der Waals surface area (Å²) < 4.78 is 9.70. The summed E-state index contributed by atoms with van der Waals surface area (Å²) in [5, 5.41) is 0. The van der Waals surface area contributed by atoms with E-state index in [2.05, 4.69) is 25.0 Å². The van der Waals surface area contributed by atoms with Crippen molar-refractivity contribution < 1.29 is 9.47 Å². The van der Waals surface area contributed by atoms with E-state index in [1.54, 1.807) is 13.2 Å². The monoisotopic (exact) mass is 152 g/mol. The van der Waals surface area contributed by atoms with Crippen LogP contribution in [-0.4, -0.2) is 20.3 Å². The van der Waals surface area contributed by atoms with Gasteiger partial charge in [0.05, 0.1) is 0 Å². The predicted molar refractivity (Wildman–Crippen MR) is 44.9 cm³/mol. The molecule has 2 heteroatoms. The molecule has 0 unspecified atom stereocenters. The summed E-state index contributed by atoms with van der Waals surface area (Å²) in [6.07, 6.45) is 1.64. The first-order valence-electron chi connectivity index (χ1n) is 3.21. The SMILES string of the molecule is C=CCOC(=C)C#CCOC. The molecule has 0 spiro atoms. The van der Waals surface area contributed by atoms with Crippen molar-refractivity contribution in [2.24, 2.45) is 0 Å². The van der Waals surface area contributed by atoms with Crippen LogP contribution in [0, 0.1) is 11.8 Å². The molecule has 0 aliphatic carbocycles. The Hall–Kier alpha value is -1.20. The van der Waals surface area contributed by atoms with Crippen molar-refractivity contribution in [3.05, 3.63) is 25.0 Å². The van der Waals surface area contributed by atoms with Crippen LogP contribution in [0.4, 0.5) is 0 Å². The van der Waals surface area contributed by atoms with Crippen molar-refractivity contribution in [1.82, 2.24) is 0 Å². The van der Waals surface area contributed by atoms with Gasteiger partial charge in [-0.1, -0.05) is 18.6 Å². The van der Waals surface area contributed by atoms with Gasteiger partial charge in [-0.25, -0.2) is 0 Å². The summed E-state index contributed by atoms with van der Waals surface area (Å²) in [6, 6.07) is 0. The molecular formula is C9H12O2. The van der Waals surface area contributed by atoms with Crippen LogP contribution in [0.5, 0.6) is 0 Å². The predicted octanol–water partition coefficient (Wildman–Crippen LogP) is 1.35. The van der Waals surface area contributed by atoms with Crippen LogP contribution in [0.1, 0.15) is 0 Å². The maximum atomic E-state index is 5.00. The van der Waals surface area contributed by atoms with E-state index in [0.717, 1.165) is 0 Å². The smallest absolute Gasteiger partial charge is 0.163 e. The maximum Gasteiger partial charge on any atom is 0.163 e. The third kappa shape index (κ3) is 6.69. The van der Waals surface area contributed by atoms with Crippen molar-refractivity contribution in [3.8, 4) is 11.8 Å². The highest BCUT2D eigenvalue weighted by atomic mass is 16.5. The Labute approximate surface area is 67.5 Å². The fourth-order valence-corrected chi connectivity index (χ4v) is 0.402. The lowest BCUT2D eigenvalue weighted by atomic mass is 10.5. The molecule has 0 aromatic heterocycles. The van der Waals surface area contributed by atoms with Crippen LogP contribution in [0.15, 0.2) is 25.0 Å². The Morgan fingerprint density at radius 2 is 2.36 bits per heavy atom. The van der Waals surface area contributed by atoms with E-state index in [9.17, 15) is 0 Å². The second kappa shape index (κ2) is 6.91. The minimum absolute atomic E-state index is 0.399. The molecule has 0 amide bonds. The summed E-state index contributed by atoms with van der Waals surface area (Å²) >= 11 is 0. The van der Waals surface area contributed by atoms with Crippen molar-refractivity contribution >= 4 is 0 Å². The van der Waals surface area contributed by atoms with Gasteiger partial charge in [0.15, 0.2) is 5.76 Å². The molecule has 0 fully saturated rings. The Kier molecular flexibility index (Phi) is 6.16. The second-order valence-electron chi connectivity index (χ2n) is 1.76. The molecule has 0 bridgehead atoms. The van der Waals surface area contributed by atoms with E-state index in [1.165, 1.54) is 0 Å². The highest BCUT2D eigenvalue weighted by Gasteiger charge is 1.82. The summed E-state index contributed by atoms with van der Waals surface area (Å²) in [5.74, 6) is 5.84. The van der Waals surface area contributed by atoms with Crippen LogP contribution in [0.2, 0.25) is 0 Å².